The Morgan fingerprint density at radius 3 is 2.80 bits per heavy atom. The van der Waals surface area contributed by atoms with Gasteiger partial charge in [0.15, 0.2) is 0 Å². The molecule has 5 nitrogen and oxygen atoms in total. The Balaban J connectivity index is 2.45. The number of hydrogen-bond donors (Lipinski definition) is 2. The van der Waals surface area contributed by atoms with Gasteiger partial charge in [-0.2, -0.15) is 22.9 Å². The minimum Gasteiger partial charge on any atom is -0.508 e. The third kappa shape index (κ3) is 3.07. The van der Waals surface area contributed by atoms with Crippen molar-refractivity contribution < 1.29 is 18.3 Å². The van der Waals surface area contributed by atoms with Gasteiger partial charge < -0.3 is 5.11 Å². The predicted molar refractivity (Wildman–Crippen MR) is 71.2 cm³/mol. The van der Waals surface area contributed by atoms with Crippen molar-refractivity contribution in [3.63, 3.8) is 0 Å². The minimum atomic E-state index is -4.68. The number of halogens is 4. The molecule has 0 bridgehead atoms. The van der Waals surface area contributed by atoms with Gasteiger partial charge in [-0.15, -0.1) is 5.10 Å². The number of H-pyrrole nitrogens is 1. The minimum absolute atomic E-state index is 0.0403. The molecule has 0 fully saturated rings. The molecule has 0 aliphatic rings. The summed E-state index contributed by atoms with van der Waals surface area (Å²) in [5, 5.41) is 18.1. The molecule has 0 radical (unpaired) electrons. The van der Waals surface area contributed by atoms with Crippen LogP contribution in [-0.4, -0.2) is 26.2 Å². The van der Waals surface area contributed by atoms with E-state index in [9.17, 15) is 18.3 Å². The van der Waals surface area contributed by atoms with Gasteiger partial charge in [-0.05, 0) is 30.4 Å². The summed E-state index contributed by atoms with van der Waals surface area (Å²) in [6, 6.07) is 4.30. The van der Waals surface area contributed by atoms with E-state index in [0.717, 1.165) is 6.21 Å². The molecule has 10 heteroatoms. The Labute approximate surface area is 123 Å². The number of benzene rings is 1. The molecule has 1 aromatic heterocycles. The number of aromatic amines is 1. The monoisotopic (exact) mass is 366 g/mol. The molecule has 1 heterocycles. The van der Waals surface area contributed by atoms with Crippen molar-refractivity contribution in [2.45, 2.75) is 6.18 Å². The van der Waals surface area contributed by atoms with Gasteiger partial charge in [0.05, 0.1) is 6.21 Å². The molecule has 20 heavy (non-hydrogen) atoms. The van der Waals surface area contributed by atoms with Crippen molar-refractivity contribution in [1.82, 2.24) is 14.9 Å². The van der Waals surface area contributed by atoms with E-state index in [2.05, 4.69) is 38.3 Å². The Kier molecular flexibility index (Phi) is 3.95. The molecule has 1 aromatic carbocycles. The van der Waals surface area contributed by atoms with Gasteiger partial charge in [0.2, 0.25) is 4.77 Å². The summed E-state index contributed by atoms with van der Waals surface area (Å²) in [5.41, 5.74) is 0.390. The number of hydrogen-bond acceptors (Lipinski definition) is 4. The van der Waals surface area contributed by atoms with Gasteiger partial charge in [-0.1, -0.05) is 15.9 Å². The van der Waals surface area contributed by atoms with Gasteiger partial charge in [0.25, 0.3) is 5.82 Å². The fraction of sp³-hybridized carbons (Fsp3) is 0.100. The lowest BCUT2D eigenvalue weighted by molar-refractivity contribution is -0.147. The second kappa shape index (κ2) is 5.37. The highest BCUT2D eigenvalue weighted by Gasteiger charge is 2.37. The molecular formula is C10H6BrF3N4OS. The van der Waals surface area contributed by atoms with Crippen LogP contribution in [0.15, 0.2) is 27.8 Å². The quantitative estimate of drug-likeness (QED) is 0.632. The van der Waals surface area contributed by atoms with Crippen LogP contribution in [0.25, 0.3) is 0 Å². The number of nitrogens with one attached hydrogen (secondary N) is 1. The number of rotatable bonds is 2. The van der Waals surface area contributed by atoms with Crippen LogP contribution in [0.4, 0.5) is 13.2 Å². The van der Waals surface area contributed by atoms with Crippen molar-refractivity contribution >= 4 is 34.4 Å². The number of phenols is 1. The van der Waals surface area contributed by atoms with Crippen LogP contribution in [-0.2, 0) is 6.18 Å². The van der Waals surface area contributed by atoms with E-state index in [-0.39, 0.29) is 10.5 Å². The second-order valence-corrected chi connectivity index (χ2v) is 4.85. The van der Waals surface area contributed by atoms with Crippen LogP contribution >= 0.6 is 28.1 Å². The van der Waals surface area contributed by atoms with Crippen molar-refractivity contribution in [3.05, 3.63) is 38.8 Å². The summed E-state index contributed by atoms with van der Waals surface area (Å²) in [4.78, 5) is 0. The van der Waals surface area contributed by atoms with Crippen LogP contribution in [0.5, 0.6) is 5.75 Å². The molecule has 0 saturated heterocycles. The largest absolute Gasteiger partial charge is 0.508 e. The fourth-order valence-electron chi connectivity index (χ4n) is 1.33. The molecule has 0 unspecified atom stereocenters. The van der Waals surface area contributed by atoms with E-state index in [0.29, 0.717) is 14.7 Å². The Bertz CT molecular complexity index is 722. The predicted octanol–water partition coefficient (Wildman–Crippen LogP) is 3.31. The van der Waals surface area contributed by atoms with E-state index in [1.165, 1.54) is 18.2 Å². The van der Waals surface area contributed by atoms with Gasteiger partial charge in [0, 0.05) is 10.0 Å². The van der Waals surface area contributed by atoms with Crippen LogP contribution in [0, 0.1) is 4.77 Å². The first-order valence-corrected chi connectivity index (χ1v) is 6.26. The second-order valence-electron chi connectivity index (χ2n) is 3.61. The number of aromatic nitrogens is 3. The highest BCUT2D eigenvalue weighted by atomic mass is 79.9. The third-order valence-electron chi connectivity index (χ3n) is 2.20. The zero-order valence-corrected chi connectivity index (χ0v) is 11.9. The van der Waals surface area contributed by atoms with Gasteiger partial charge in [-0.25, -0.2) is 5.10 Å². The van der Waals surface area contributed by atoms with Crippen molar-refractivity contribution in [2.75, 3.05) is 0 Å². The normalized spacial score (nSPS) is 12.2. The van der Waals surface area contributed by atoms with E-state index >= 15 is 0 Å². The van der Waals surface area contributed by atoms with Gasteiger partial charge in [0.1, 0.15) is 5.75 Å². The Morgan fingerprint density at radius 1 is 1.45 bits per heavy atom. The lowest BCUT2D eigenvalue weighted by atomic mass is 10.2. The van der Waals surface area contributed by atoms with Crippen LogP contribution < -0.4 is 0 Å². The SMILES string of the molecule is Oc1ccc(Br)c(/C=N/n2c(C(F)(F)F)n[nH]c2=S)c1. The highest BCUT2D eigenvalue weighted by molar-refractivity contribution is 9.10. The molecule has 0 spiro atoms. The molecular weight excluding hydrogens is 361 g/mol. The topological polar surface area (TPSA) is 66.2 Å². The first kappa shape index (κ1) is 14.7. The van der Waals surface area contributed by atoms with Crippen LogP contribution in [0.3, 0.4) is 0 Å². The lowest BCUT2D eigenvalue weighted by Gasteiger charge is -2.04. The number of aromatic hydroxyl groups is 1. The first-order valence-electron chi connectivity index (χ1n) is 5.06. The molecule has 0 aliphatic carbocycles. The number of alkyl halides is 3. The Morgan fingerprint density at radius 2 is 2.15 bits per heavy atom. The van der Waals surface area contributed by atoms with Gasteiger partial charge >= 0.3 is 6.18 Å². The maximum Gasteiger partial charge on any atom is 0.453 e. The van der Waals surface area contributed by atoms with Gasteiger partial charge in [-0.3, -0.25) is 0 Å². The van der Waals surface area contributed by atoms with Crippen molar-refractivity contribution in [3.8, 4) is 5.75 Å². The van der Waals surface area contributed by atoms with E-state index in [4.69, 9.17) is 0 Å². The maximum absolute atomic E-state index is 12.7. The molecule has 2 rings (SSSR count). The summed E-state index contributed by atoms with van der Waals surface area (Å²) in [7, 11) is 0. The standard InChI is InChI=1S/C10H6BrF3N4OS/c11-7-2-1-6(19)3-5(7)4-15-18-8(10(12,13)14)16-17-9(18)20/h1-4,19H,(H,17,20)/b15-4+. The third-order valence-corrected chi connectivity index (χ3v) is 3.18. The summed E-state index contributed by atoms with van der Waals surface area (Å²) in [5.74, 6) is -1.29. The first-order chi connectivity index (χ1) is 9.29. The molecule has 0 aliphatic heterocycles. The van der Waals surface area contributed by atoms with E-state index in [1.807, 2.05) is 5.10 Å². The van der Waals surface area contributed by atoms with Crippen molar-refractivity contribution in [2.24, 2.45) is 5.10 Å². The molecule has 0 amide bonds. The lowest BCUT2D eigenvalue weighted by Crippen LogP contribution is -2.12. The molecule has 106 valence electrons. The van der Waals surface area contributed by atoms with Crippen LogP contribution in [0.2, 0.25) is 0 Å². The molecule has 0 atom stereocenters. The smallest absolute Gasteiger partial charge is 0.453 e. The zero-order chi connectivity index (χ0) is 14.9. The zero-order valence-electron chi connectivity index (χ0n) is 9.52. The number of phenolic OH excluding ortho intramolecular Hbond substituents is 1. The van der Waals surface area contributed by atoms with Crippen molar-refractivity contribution in [1.29, 1.82) is 0 Å². The fourth-order valence-corrected chi connectivity index (χ4v) is 1.86. The molecule has 0 saturated carbocycles. The Hall–Kier alpha value is -1.68. The summed E-state index contributed by atoms with van der Waals surface area (Å²) in [6.45, 7) is 0. The van der Waals surface area contributed by atoms with Crippen LogP contribution in [0.1, 0.15) is 11.4 Å². The van der Waals surface area contributed by atoms with E-state index < -0.39 is 12.0 Å². The average Bonchev–Trinajstić information content (AvgIpc) is 2.72. The number of nitrogens with zero attached hydrogens (tertiary/aromatic N) is 3. The maximum atomic E-state index is 12.7. The molecule has 2 N–H and O–H groups in total. The summed E-state index contributed by atoms with van der Waals surface area (Å²) < 4.78 is 38.7. The molecule has 2 aromatic rings. The highest BCUT2D eigenvalue weighted by Crippen LogP contribution is 2.27. The average molecular weight is 367 g/mol. The van der Waals surface area contributed by atoms with E-state index in [1.54, 1.807) is 0 Å². The summed E-state index contributed by atoms with van der Waals surface area (Å²) in [6.07, 6.45) is -3.55. The summed E-state index contributed by atoms with van der Waals surface area (Å²) >= 11 is 7.87.